The lowest BCUT2D eigenvalue weighted by Gasteiger charge is -2.13. The van der Waals surface area contributed by atoms with E-state index in [-0.39, 0.29) is 0 Å². The van der Waals surface area contributed by atoms with E-state index >= 15 is 0 Å². The maximum Gasteiger partial charge on any atom is 0.0915 e. The van der Waals surface area contributed by atoms with Crippen molar-refractivity contribution in [2.24, 2.45) is 0 Å². The van der Waals surface area contributed by atoms with Gasteiger partial charge in [-0.15, -0.1) is 0 Å². The van der Waals surface area contributed by atoms with Crippen molar-refractivity contribution in [3.8, 4) is 0 Å². The van der Waals surface area contributed by atoms with E-state index in [1.165, 1.54) is 0 Å². The van der Waals surface area contributed by atoms with Gasteiger partial charge in [0.25, 0.3) is 0 Å². The molecule has 0 radical (unpaired) electrons. The second-order valence-electron chi connectivity index (χ2n) is 3.20. The summed E-state index contributed by atoms with van der Waals surface area (Å²) in [6.45, 7) is 0. The summed E-state index contributed by atoms with van der Waals surface area (Å²) in [5, 5.41) is 4.97. The number of benzene rings is 1. The quantitative estimate of drug-likeness (QED) is 0.709. The zero-order valence-corrected chi connectivity index (χ0v) is 8.05. The van der Waals surface area contributed by atoms with Gasteiger partial charge >= 0.3 is 0 Å². The van der Waals surface area contributed by atoms with Gasteiger partial charge in [-0.1, -0.05) is 11.6 Å². The van der Waals surface area contributed by atoms with E-state index in [2.05, 4.69) is 10.3 Å². The fourth-order valence-corrected chi connectivity index (χ4v) is 1.95. The number of aromatic nitrogens is 1. The molecule has 0 fully saturated rings. The van der Waals surface area contributed by atoms with Crippen molar-refractivity contribution in [2.45, 2.75) is 0 Å². The van der Waals surface area contributed by atoms with E-state index in [9.17, 15) is 0 Å². The van der Waals surface area contributed by atoms with E-state index in [1.54, 1.807) is 6.20 Å². The third-order valence-electron chi connectivity index (χ3n) is 2.38. The summed E-state index contributed by atoms with van der Waals surface area (Å²) >= 11 is 6.07. The maximum absolute atomic E-state index is 6.07. The molecule has 3 rings (SSSR count). The van der Waals surface area contributed by atoms with Crippen molar-refractivity contribution in [3.63, 3.8) is 0 Å². The molecule has 1 N–H and O–H groups in total. The van der Waals surface area contributed by atoms with Gasteiger partial charge in [-0.2, -0.15) is 0 Å². The number of rotatable bonds is 0. The molecular formula is C11H7ClN2. The Morgan fingerprint density at radius 1 is 1.21 bits per heavy atom. The van der Waals surface area contributed by atoms with Crippen LogP contribution in [-0.4, -0.2) is 4.98 Å². The fraction of sp³-hybridized carbons (Fsp3) is 0. The molecule has 0 aliphatic carbocycles. The Balaban J connectivity index is 2.56. The molecule has 0 bridgehead atoms. The standard InChI is InChI=1S/C11H7ClN2/c12-8-1-2-9-10-7(3-5-13-9)4-6-14-11(8)10/h1-6,13H. The zero-order valence-electron chi connectivity index (χ0n) is 7.29. The van der Waals surface area contributed by atoms with Crippen LogP contribution in [0.4, 0.5) is 5.69 Å². The zero-order chi connectivity index (χ0) is 9.54. The number of anilines is 1. The lowest BCUT2D eigenvalue weighted by molar-refractivity contribution is 1.40. The molecule has 1 aliphatic rings. The minimum atomic E-state index is 0.697. The molecule has 0 saturated heterocycles. The third kappa shape index (κ3) is 0.946. The van der Waals surface area contributed by atoms with Gasteiger partial charge in [0.1, 0.15) is 0 Å². The van der Waals surface area contributed by atoms with Crippen molar-refractivity contribution in [1.82, 2.24) is 4.98 Å². The van der Waals surface area contributed by atoms with Crippen LogP contribution >= 0.6 is 11.6 Å². The SMILES string of the molecule is Clc1ccc2c3c(ccnc13)C=CN2. The predicted molar refractivity (Wildman–Crippen MR) is 59.4 cm³/mol. The van der Waals surface area contributed by atoms with Crippen LogP contribution in [0.1, 0.15) is 5.56 Å². The maximum atomic E-state index is 6.07. The first-order chi connectivity index (χ1) is 6.86. The highest BCUT2D eigenvalue weighted by Crippen LogP contribution is 2.33. The summed E-state index contributed by atoms with van der Waals surface area (Å²) < 4.78 is 0. The molecule has 1 aromatic carbocycles. The Hall–Kier alpha value is -1.54. The summed E-state index contributed by atoms with van der Waals surface area (Å²) in [4.78, 5) is 4.28. The lowest BCUT2D eigenvalue weighted by atomic mass is 10.1. The second kappa shape index (κ2) is 2.72. The predicted octanol–water partition coefficient (Wildman–Crippen LogP) is 3.28. The van der Waals surface area contributed by atoms with Crippen LogP contribution < -0.4 is 5.32 Å². The van der Waals surface area contributed by atoms with Crippen molar-refractivity contribution in [3.05, 3.63) is 41.2 Å². The Labute approximate surface area is 86.2 Å². The Morgan fingerprint density at radius 3 is 3.07 bits per heavy atom. The average Bonchev–Trinajstić information content (AvgIpc) is 2.24. The van der Waals surface area contributed by atoms with Crippen LogP contribution in [0.5, 0.6) is 0 Å². The molecule has 0 atom stereocenters. The van der Waals surface area contributed by atoms with E-state index < -0.39 is 0 Å². The molecule has 2 heterocycles. The van der Waals surface area contributed by atoms with Gasteiger partial charge < -0.3 is 5.32 Å². The van der Waals surface area contributed by atoms with Crippen molar-refractivity contribution in [1.29, 1.82) is 0 Å². The molecule has 14 heavy (non-hydrogen) atoms. The Kier molecular flexibility index (Phi) is 1.52. The van der Waals surface area contributed by atoms with Crippen molar-refractivity contribution < 1.29 is 0 Å². The van der Waals surface area contributed by atoms with Crippen LogP contribution in [-0.2, 0) is 0 Å². The normalized spacial score (nSPS) is 12.9. The minimum absolute atomic E-state index is 0.697. The highest BCUT2D eigenvalue weighted by molar-refractivity contribution is 6.35. The van der Waals surface area contributed by atoms with Crippen LogP contribution in [0.2, 0.25) is 5.02 Å². The number of hydrogen-bond donors (Lipinski definition) is 1. The smallest absolute Gasteiger partial charge is 0.0915 e. The fourth-order valence-electron chi connectivity index (χ4n) is 1.74. The van der Waals surface area contributed by atoms with Crippen molar-refractivity contribution in [2.75, 3.05) is 5.32 Å². The summed E-state index contributed by atoms with van der Waals surface area (Å²) in [6.07, 6.45) is 5.72. The molecule has 3 heteroatoms. The molecule has 0 amide bonds. The van der Waals surface area contributed by atoms with E-state index in [0.717, 1.165) is 22.2 Å². The molecule has 68 valence electrons. The van der Waals surface area contributed by atoms with Gasteiger partial charge in [0.15, 0.2) is 0 Å². The number of nitrogens with zero attached hydrogens (tertiary/aromatic N) is 1. The van der Waals surface area contributed by atoms with Crippen molar-refractivity contribution >= 4 is 34.3 Å². The highest BCUT2D eigenvalue weighted by Gasteiger charge is 2.10. The van der Waals surface area contributed by atoms with E-state index in [0.29, 0.717) is 5.02 Å². The van der Waals surface area contributed by atoms with Crippen LogP contribution in [0.25, 0.3) is 17.0 Å². The monoisotopic (exact) mass is 202 g/mol. The molecule has 1 aromatic heterocycles. The topological polar surface area (TPSA) is 24.9 Å². The Morgan fingerprint density at radius 2 is 2.14 bits per heavy atom. The van der Waals surface area contributed by atoms with Gasteiger partial charge in [-0.25, -0.2) is 0 Å². The van der Waals surface area contributed by atoms with Crippen LogP contribution in [0.15, 0.2) is 30.6 Å². The molecule has 0 spiro atoms. The number of nitrogens with one attached hydrogen (secondary N) is 1. The molecule has 0 saturated carbocycles. The van der Waals surface area contributed by atoms with Gasteiger partial charge in [0.05, 0.1) is 10.5 Å². The summed E-state index contributed by atoms with van der Waals surface area (Å²) in [5.41, 5.74) is 3.08. The molecule has 2 aromatic rings. The third-order valence-corrected chi connectivity index (χ3v) is 2.68. The van der Waals surface area contributed by atoms with E-state index in [4.69, 9.17) is 11.6 Å². The summed E-state index contributed by atoms with van der Waals surface area (Å²) in [6, 6.07) is 5.82. The molecular weight excluding hydrogens is 196 g/mol. The first-order valence-corrected chi connectivity index (χ1v) is 4.74. The highest BCUT2D eigenvalue weighted by atomic mass is 35.5. The second-order valence-corrected chi connectivity index (χ2v) is 3.60. The van der Waals surface area contributed by atoms with Gasteiger partial charge in [0, 0.05) is 23.5 Å². The Bertz CT molecular complexity index is 546. The number of hydrogen-bond acceptors (Lipinski definition) is 2. The minimum Gasteiger partial charge on any atom is -0.361 e. The van der Waals surface area contributed by atoms with Crippen LogP contribution in [0, 0.1) is 0 Å². The number of pyridine rings is 1. The largest absolute Gasteiger partial charge is 0.361 e. The van der Waals surface area contributed by atoms with Gasteiger partial charge in [-0.3, -0.25) is 4.98 Å². The summed E-state index contributed by atoms with van der Waals surface area (Å²) in [7, 11) is 0. The number of halogens is 1. The van der Waals surface area contributed by atoms with E-state index in [1.807, 2.05) is 30.5 Å². The van der Waals surface area contributed by atoms with Gasteiger partial charge in [-0.05, 0) is 29.8 Å². The summed E-state index contributed by atoms with van der Waals surface area (Å²) in [5.74, 6) is 0. The first kappa shape index (κ1) is 7.83. The van der Waals surface area contributed by atoms with Crippen LogP contribution in [0.3, 0.4) is 0 Å². The van der Waals surface area contributed by atoms with Gasteiger partial charge in [0.2, 0.25) is 0 Å². The average molecular weight is 203 g/mol. The molecule has 1 aliphatic heterocycles. The molecule has 0 unspecified atom stereocenters. The lowest BCUT2D eigenvalue weighted by Crippen LogP contribution is -1.96. The first-order valence-electron chi connectivity index (χ1n) is 4.36. The molecule has 2 nitrogen and oxygen atoms in total.